The Balaban J connectivity index is 1.40. The SMILES string of the molecule is CN1CCC[C@H]1c1nnc2n1CCN(C(=O)c1cccc3cccnc13)CC2. The molecule has 2 aromatic heterocycles. The van der Waals surface area contributed by atoms with Crippen molar-refractivity contribution in [3.05, 3.63) is 53.7 Å². The van der Waals surface area contributed by atoms with E-state index >= 15 is 0 Å². The van der Waals surface area contributed by atoms with Gasteiger partial charge in [-0.05, 0) is 38.6 Å². The summed E-state index contributed by atoms with van der Waals surface area (Å²) < 4.78 is 2.24. The molecule has 0 aliphatic carbocycles. The van der Waals surface area contributed by atoms with Crippen molar-refractivity contribution in [3.63, 3.8) is 0 Å². The van der Waals surface area contributed by atoms with Gasteiger partial charge in [0.25, 0.3) is 5.91 Å². The molecule has 5 rings (SSSR count). The number of nitrogens with zero attached hydrogens (tertiary/aromatic N) is 6. The highest BCUT2D eigenvalue weighted by atomic mass is 16.2. The van der Waals surface area contributed by atoms with Crippen LogP contribution in [0.1, 0.15) is 40.9 Å². The van der Waals surface area contributed by atoms with Crippen LogP contribution in [-0.2, 0) is 13.0 Å². The number of amides is 1. The van der Waals surface area contributed by atoms with Gasteiger partial charge in [-0.25, -0.2) is 0 Å². The second-order valence-corrected chi connectivity index (χ2v) is 7.69. The summed E-state index contributed by atoms with van der Waals surface area (Å²) in [7, 11) is 2.15. The molecule has 1 atom stereocenters. The molecule has 3 aromatic rings. The first-order chi connectivity index (χ1) is 13.7. The van der Waals surface area contributed by atoms with Crippen LogP contribution in [0.3, 0.4) is 0 Å². The maximum Gasteiger partial charge on any atom is 0.256 e. The molecule has 0 unspecified atom stereocenters. The Bertz CT molecular complexity index is 1020. The highest BCUT2D eigenvalue weighted by Crippen LogP contribution is 2.30. The Morgan fingerprint density at radius 2 is 1.96 bits per heavy atom. The third kappa shape index (κ3) is 2.86. The summed E-state index contributed by atoms with van der Waals surface area (Å²) in [6.45, 7) is 3.16. The summed E-state index contributed by atoms with van der Waals surface area (Å²) in [6.07, 6.45) is 4.79. The zero-order chi connectivity index (χ0) is 19.1. The first-order valence-electron chi connectivity index (χ1n) is 9.97. The number of carbonyl (C=O) groups excluding carboxylic acids is 1. The number of rotatable bonds is 2. The molecule has 0 radical (unpaired) electrons. The van der Waals surface area contributed by atoms with E-state index in [9.17, 15) is 4.79 Å². The topological polar surface area (TPSA) is 67.2 Å². The molecule has 2 aliphatic rings. The number of para-hydroxylation sites is 1. The second kappa shape index (κ2) is 6.98. The molecule has 2 aliphatic heterocycles. The molecule has 7 nitrogen and oxygen atoms in total. The third-order valence-electron chi connectivity index (χ3n) is 6.02. The Morgan fingerprint density at radius 3 is 2.82 bits per heavy atom. The van der Waals surface area contributed by atoms with E-state index < -0.39 is 0 Å². The van der Waals surface area contributed by atoms with Gasteiger partial charge in [0.2, 0.25) is 0 Å². The van der Waals surface area contributed by atoms with Gasteiger partial charge in [0.15, 0.2) is 0 Å². The Morgan fingerprint density at radius 1 is 1.07 bits per heavy atom. The number of aromatic nitrogens is 4. The van der Waals surface area contributed by atoms with E-state index in [0.717, 1.165) is 48.5 Å². The average molecular weight is 376 g/mol. The van der Waals surface area contributed by atoms with E-state index in [1.165, 1.54) is 6.42 Å². The Labute approximate surface area is 164 Å². The quantitative estimate of drug-likeness (QED) is 0.687. The monoisotopic (exact) mass is 376 g/mol. The molecule has 1 aromatic carbocycles. The van der Waals surface area contributed by atoms with Crippen LogP contribution in [0, 0.1) is 0 Å². The number of hydrogen-bond donors (Lipinski definition) is 0. The van der Waals surface area contributed by atoms with Crippen molar-refractivity contribution >= 4 is 16.8 Å². The minimum Gasteiger partial charge on any atom is -0.336 e. The maximum absolute atomic E-state index is 13.3. The molecule has 144 valence electrons. The van der Waals surface area contributed by atoms with Crippen molar-refractivity contribution in [1.82, 2.24) is 29.5 Å². The second-order valence-electron chi connectivity index (χ2n) is 7.69. The summed E-state index contributed by atoms with van der Waals surface area (Å²) in [6, 6.07) is 10.0. The third-order valence-corrected chi connectivity index (χ3v) is 6.02. The number of hydrogen-bond acceptors (Lipinski definition) is 5. The number of carbonyl (C=O) groups is 1. The summed E-state index contributed by atoms with van der Waals surface area (Å²) >= 11 is 0. The molecule has 28 heavy (non-hydrogen) atoms. The zero-order valence-electron chi connectivity index (χ0n) is 16.1. The number of likely N-dealkylation sites (tertiary alicyclic amines) is 1. The van der Waals surface area contributed by atoms with E-state index in [4.69, 9.17) is 0 Å². The number of pyridine rings is 1. The average Bonchev–Trinajstić information content (AvgIpc) is 3.26. The molecular weight excluding hydrogens is 352 g/mol. The lowest BCUT2D eigenvalue weighted by Gasteiger charge is -2.22. The van der Waals surface area contributed by atoms with Crippen LogP contribution < -0.4 is 0 Å². The molecule has 1 fully saturated rings. The van der Waals surface area contributed by atoms with Crippen LogP contribution >= 0.6 is 0 Å². The van der Waals surface area contributed by atoms with Gasteiger partial charge in [-0.2, -0.15) is 0 Å². The summed E-state index contributed by atoms with van der Waals surface area (Å²) in [5.41, 5.74) is 1.44. The molecule has 4 heterocycles. The van der Waals surface area contributed by atoms with Gasteiger partial charge in [-0.15, -0.1) is 10.2 Å². The van der Waals surface area contributed by atoms with Gasteiger partial charge < -0.3 is 9.47 Å². The lowest BCUT2D eigenvalue weighted by molar-refractivity contribution is 0.0760. The van der Waals surface area contributed by atoms with E-state index in [1.807, 2.05) is 35.2 Å². The van der Waals surface area contributed by atoms with E-state index in [-0.39, 0.29) is 5.91 Å². The van der Waals surface area contributed by atoms with Crippen molar-refractivity contribution in [2.45, 2.75) is 31.8 Å². The van der Waals surface area contributed by atoms with Crippen LogP contribution in [0.25, 0.3) is 10.9 Å². The van der Waals surface area contributed by atoms with Gasteiger partial charge in [0, 0.05) is 37.6 Å². The first-order valence-corrected chi connectivity index (χ1v) is 9.97. The largest absolute Gasteiger partial charge is 0.336 e. The lowest BCUT2D eigenvalue weighted by atomic mass is 10.1. The molecular formula is C21H24N6O. The van der Waals surface area contributed by atoms with Gasteiger partial charge in [-0.1, -0.05) is 18.2 Å². The smallest absolute Gasteiger partial charge is 0.256 e. The predicted octanol–water partition coefficient (Wildman–Crippen LogP) is 2.29. The molecule has 7 heteroatoms. The van der Waals surface area contributed by atoms with Crippen molar-refractivity contribution in [3.8, 4) is 0 Å². The zero-order valence-corrected chi connectivity index (χ0v) is 16.1. The highest BCUT2D eigenvalue weighted by Gasteiger charge is 2.30. The van der Waals surface area contributed by atoms with Gasteiger partial charge in [0.1, 0.15) is 11.6 Å². The molecule has 0 bridgehead atoms. The maximum atomic E-state index is 13.3. The van der Waals surface area contributed by atoms with Crippen molar-refractivity contribution in [2.24, 2.45) is 0 Å². The van der Waals surface area contributed by atoms with Crippen molar-refractivity contribution in [2.75, 3.05) is 26.7 Å². The van der Waals surface area contributed by atoms with Crippen molar-refractivity contribution < 1.29 is 4.79 Å². The van der Waals surface area contributed by atoms with Crippen LogP contribution in [0.4, 0.5) is 0 Å². The lowest BCUT2D eigenvalue weighted by Crippen LogP contribution is -2.34. The Hall–Kier alpha value is -2.80. The van der Waals surface area contributed by atoms with E-state index in [2.05, 4.69) is 31.7 Å². The molecule has 0 N–H and O–H groups in total. The van der Waals surface area contributed by atoms with Crippen LogP contribution in [-0.4, -0.2) is 62.1 Å². The molecule has 1 amide bonds. The molecule has 0 saturated carbocycles. The van der Waals surface area contributed by atoms with E-state index in [0.29, 0.717) is 24.7 Å². The van der Waals surface area contributed by atoms with E-state index in [1.54, 1.807) is 6.20 Å². The normalized spacial score (nSPS) is 20.3. The summed E-state index contributed by atoms with van der Waals surface area (Å²) in [4.78, 5) is 22.0. The summed E-state index contributed by atoms with van der Waals surface area (Å²) in [5, 5.41) is 9.94. The summed E-state index contributed by atoms with van der Waals surface area (Å²) in [5.74, 6) is 2.08. The van der Waals surface area contributed by atoms with Gasteiger partial charge in [0.05, 0.1) is 17.1 Å². The number of fused-ring (bicyclic) bond motifs is 2. The fraction of sp³-hybridized carbons (Fsp3) is 0.429. The predicted molar refractivity (Wildman–Crippen MR) is 106 cm³/mol. The minimum atomic E-state index is 0.0440. The van der Waals surface area contributed by atoms with Gasteiger partial charge >= 0.3 is 0 Å². The van der Waals surface area contributed by atoms with Gasteiger partial charge in [-0.3, -0.25) is 14.7 Å². The fourth-order valence-corrected chi connectivity index (χ4v) is 4.48. The number of benzene rings is 1. The van der Waals surface area contributed by atoms with Crippen molar-refractivity contribution in [1.29, 1.82) is 0 Å². The first kappa shape index (κ1) is 17.3. The Kier molecular flexibility index (Phi) is 4.31. The molecule has 1 saturated heterocycles. The van der Waals surface area contributed by atoms with Crippen LogP contribution in [0.15, 0.2) is 36.5 Å². The molecule has 0 spiro atoms. The standard InChI is InChI=1S/C21H24N6O/c1-25-11-4-8-17(25)20-24-23-18-9-12-26(13-14-27(18)20)21(28)16-7-2-5-15-6-3-10-22-19(15)16/h2-3,5-7,10,17H,4,8-9,11-14H2,1H3/t17-/m0/s1. The highest BCUT2D eigenvalue weighted by molar-refractivity contribution is 6.05. The fourth-order valence-electron chi connectivity index (χ4n) is 4.48. The van der Waals surface area contributed by atoms with Crippen LogP contribution in [0.5, 0.6) is 0 Å². The van der Waals surface area contributed by atoms with Crippen LogP contribution in [0.2, 0.25) is 0 Å². The minimum absolute atomic E-state index is 0.0440.